The Balaban J connectivity index is 1.72. The van der Waals surface area contributed by atoms with Crippen molar-refractivity contribution in [3.05, 3.63) is 23.2 Å². The predicted octanol–water partition coefficient (Wildman–Crippen LogP) is 0.402. The molecule has 2 unspecified atom stereocenters. The molecule has 1 aliphatic heterocycles. The summed E-state index contributed by atoms with van der Waals surface area (Å²) in [6.07, 6.45) is -0.547. The van der Waals surface area contributed by atoms with Gasteiger partial charge in [0, 0.05) is 18.7 Å². The van der Waals surface area contributed by atoms with Crippen molar-refractivity contribution in [1.82, 2.24) is 10.3 Å². The minimum atomic E-state index is -1.41. The monoisotopic (exact) mass is 390 g/mol. The number of rotatable bonds is 6. The summed E-state index contributed by atoms with van der Waals surface area (Å²) < 4.78 is 1.01. The predicted molar refractivity (Wildman–Crippen MR) is 98.2 cm³/mol. The second kappa shape index (κ2) is 7.31. The highest BCUT2D eigenvalue weighted by Gasteiger charge is 2.37. The number of aromatic nitrogens is 1. The maximum atomic E-state index is 12.4. The van der Waals surface area contributed by atoms with Gasteiger partial charge in [-0.25, -0.2) is 9.78 Å². The standard InChI is InChI=1S/C17H18N4O5S/c1-8-19-11-5-10(2-3-13(11)27-8)21-7-9(4-15(21)23)16(24)20-12(17(25)26)6-14(18)22/h2-3,5,9,12H,4,6-7H2,1H3,(H2,18,22)(H,20,24)(H,25,26). The second-order valence-electron chi connectivity index (χ2n) is 6.36. The molecule has 10 heteroatoms. The SMILES string of the molecule is Cc1nc2cc(N3CC(C(=O)NC(CC(N)=O)C(=O)O)CC3=O)ccc2s1. The van der Waals surface area contributed by atoms with Gasteiger partial charge in [0.2, 0.25) is 17.7 Å². The summed E-state index contributed by atoms with van der Waals surface area (Å²) in [7, 11) is 0. The van der Waals surface area contributed by atoms with Crippen LogP contribution in [0, 0.1) is 12.8 Å². The zero-order valence-corrected chi connectivity index (χ0v) is 15.3. The van der Waals surface area contributed by atoms with Gasteiger partial charge in [-0.2, -0.15) is 0 Å². The van der Waals surface area contributed by atoms with Crippen LogP contribution in [0.25, 0.3) is 10.2 Å². The van der Waals surface area contributed by atoms with Gasteiger partial charge in [0.15, 0.2) is 0 Å². The number of aryl methyl sites for hydroxylation is 1. The Kier molecular flexibility index (Phi) is 5.08. The van der Waals surface area contributed by atoms with E-state index in [0.29, 0.717) is 5.69 Å². The number of nitrogens with one attached hydrogen (secondary N) is 1. The highest BCUT2D eigenvalue weighted by Crippen LogP contribution is 2.30. The van der Waals surface area contributed by atoms with Crippen LogP contribution < -0.4 is 16.0 Å². The van der Waals surface area contributed by atoms with Gasteiger partial charge >= 0.3 is 5.97 Å². The molecule has 1 fully saturated rings. The number of anilines is 1. The van der Waals surface area contributed by atoms with E-state index < -0.39 is 36.2 Å². The molecule has 1 saturated heterocycles. The van der Waals surface area contributed by atoms with Gasteiger partial charge in [0.1, 0.15) is 6.04 Å². The molecule has 4 N–H and O–H groups in total. The van der Waals surface area contributed by atoms with Gasteiger partial charge in [-0.05, 0) is 25.1 Å². The zero-order chi connectivity index (χ0) is 19.7. The molecule has 0 bridgehead atoms. The Labute approximate surface area is 158 Å². The quantitative estimate of drug-likeness (QED) is 0.652. The van der Waals surface area contributed by atoms with Crippen LogP contribution in [0.3, 0.4) is 0 Å². The number of benzene rings is 1. The van der Waals surface area contributed by atoms with E-state index in [2.05, 4.69) is 10.3 Å². The number of thiazole rings is 1. The smallest absolute Gasteiger partial charge is 0.326 e. The highest BCUT2D eigenvalue weighted by atomic mass is 32.1. The first-order valence-electron chi connectivity index (χ1n) is 8.23. The van der Waals surface area contributed by atoms with Crippen LogP contribution in [0.5, 0.6) is 0 Å². The molecule has 1 aliphatic rings. The summed E-state index contributed by atoms with van der Waals surface area (Å²) in [5.41, 5.74) is 6.43. The van der Waals surface area contributed by atoms with Crippen LogP contribution in [0.15, 0.2) is 18.2 Å². The van der Waals surface area contributed by atoms with Crippen molar-refractivity contribution < 1.29 is 24.3 Å². The van der Waals surface area contributed by atoms with E-state index in [0.717, 1.165) is 15.2 Å². The third-order valence-electron chi connectivity index (χ3n) is 4.31. The van der Waals surface area contributed by atoms with E-state index >= 15 is 0 Å². The third-order valence-corrected chi connectivity index (χ3v) is 5.26. The minimum Gasteiger partial charge on any atom is -0.480 e. The molecule has 1 aromatic heterocycles. The van der Waals surface area contributed by atoms with E-state index in [4.69, 9.17) is 10.8 Å². The fourth-order valence-corrected chi connectivity index (χ4v) is 3.83. The molecular weight excluding hydrogens is 372 g/mol. The number of fused-ring (bicyclic) bond motifs is 1. The van der Waals surface area contributed by atoms with Crippen LogP contribution in [-0.2, 0) is 19.2 Å². The number of carboxylic acid groups (broad SMARTS) is 1. The number of carbonyl (C=O) groups excluding carboxylic acids is 3. The highest BCUT2D eigenvalue weighted by molar-refractivity contribution is 7.18. The lowest BCUT2D eigenvalue weighted by atomic mass is 10.1. The lowest BCUT2D eigenvalue weighted by molar-refractivity contribution is -0.143. The Morgan fingerprint density at radius 3 is 2.85 bits per heavy atom. The summed E-state index contributed by atoms with van der Waals surface area (Å²) >= 11 is 1.55. The van der Waals surface area contributed by atoms with E-state index in [1.54, 1.807) is 23.5 Å². The van der Waals surface area contributed by atoms with Gasteiger partial charge in [-0.1, -0.05) is 0 Å². The van der Waals surface area contributed by atoms with Crippen molar-refractivity contribution >= 4 is 50.9 Å². The van der Waals surface area contributed by atoms with E-state index in [-0.39, 0.29) is 18.9 Å². The Hall–Kier alpha value is -3.01. The van der Waals surface area contributed by atoms with Crippen molar-refractivity contribution in [3.8, 4) is 0 Å². The fraction of sp³-hybridized carbons (Fsp3) is 0.353. The van der Waals surface area contributed by atoms with E-state index in [9.17, 15) is 19.2 Å². The largest absolute Gasteiger partial charge is 0.480 e. The molecule has 0 saturated carbocycles. The summed E-state index contributed by atoms with van der Waals surface area (Å²) in [5, 5.41) is 12.3. The minimum absolute atomic E-state index is 0.0388. The second-order valence-corrected chi connectivity index (χ2v) is 7.59. The summed E-state index contributed by atoms with van der Waals surface area (Å²) in [6, 6.07) is 4.06. The Bertz CT molecular complexity index is 941. The molecule has 0 radical (unpaired) electrons. The van der Waals surface area contributed by atoms with Gasteiger partial charge in [0.25, 0.3) is 0 Å². The average molecular weight is 390 g/mol. The van der Waals surface area contributed by atoms with Crippen molar-refractivity contribution in [3.63, 3.8) is 0 Å². The molecule has 2 aromatic rings. The van der Waals surface area contributed by atoms with Gasteiger partial charge in [-0.3, -0.25) is 14.4 Å². The number of aliphatic carboxylic acids is 1. The molecule has 2 atom stereocenters. The molecule has 9 nitrogen and oxygen atoms in total. The number of nitrogens with two attached hydrogens (primary N) is 1. The van der Waals surface area contributed by atoms with Crippen molar-refractivity contribution in [1.29, 1.82) is 0 Å². The number of carboxylic acids is 1. The Morgan fingerprint density at radius 2 is 2.19 bits per heavy atom. The number of amides is 3. The maximum Gasteiger partial charge on any atom is 0.326 e. The molecule has 2 heterocycles. The van der Waals surface area contributed by atoms with Crippen molar-refractivity contribution in [2.24, 2.45) is 11.7 Å². The number of hydrogen-bond donors (Lipinski definition) is 3. The van der Waals surface area contributed by atoms with Gasteiger partial charge in [-0.15, -0.1) is 11.3 Å². The van der Waals surface area contributed by atoms with Crippen LogP contribution in [0.2, 0.25) is 0 Å². The van der Waals surface area contributed by atoms with Gasteiger partial charge in [0.05, 0.1) is 27.6 Å². The molecule has 0 spiro atoms. The first-order valence-corrected chi connectivity index (χ1v) is 9.05. The Morgan fingerprint density at radius 1 is 1.44 bits per heavy atom. The topological polar surface area (TPSA) is 143 Å². The summed E-state index contributed by atoms with van der Waals surface area (Å²) in [4.78, 5) is 52.7. The molecule has 142 valence electrons. The number of nitrogens with zero attached hydrogens (tertiary/aromatic N) is 2. The lowest BCUT2D eigenvalue weighted by Crippen LogP contribution is -2.46. The average Bonchev–Trinajstić information content (AvgIpc) is 3.14. The van der Waals surface area contributed by atoms with Crippen LogP contribution >= 0.6 is 11.3 Å². The molecular formula is C17H18N4O5S. The van der Waals surface area contributed by atoms with E-state index in [1.165, 1.54) is 4.90 Å². The molecule has 3 rings (SSSR count). The van der Waals surface area contributed by atoms with Gasteiger partial charge < -0.3 is 21.1 Å². The zero-order valence-electron chi connectivity index (χ0n) is 14.5. The lowest BCUT2D eigenvalue weighted by Gasteiger charge is -2.18. The number of hydrogen-bond acceptors (Lipinski definition) is 6. The first kappa shape index (κ1) is 18.8. The third kappa shape index (κ3) is 4.05. The number of carbonyl (C=O) groups is 4. The normalized spacial score (nSPS) is 17.9. The first-order chi connectivity index (χ1) is 12.7. The van der Waals surface area contributed by atoms with Crippen LogP contribution in [0.4, 0.5) is 5.69 Å². The van der Waals surface area contributed by atoms with E-state index in [1.807, 2.05) is 13.0 Å². The van der Waals surface area contributed by atoms with Crippen LogP contribution in [-0.4, -0.2) is 46.4 Å². The van der Waals surface area contributed by atoms with Crippen LogP contribution in [0.1, 0.15) is 17.8 Å². The summed E-state index contributed by atoms with van der Waals surface area (Å²) in [6.45, 7) is 2.03. The number of primary amides is 1. The molecule has 1 aromatic carbocycles. The molecule has 3 amide bonds. The van der Waals surface area contributed by atoms with Crippen molar-refractivity contribution in [2.45, 2.75) is 25.8 Å². The molecule has 0 aliphatic carbocycles. The summed E-state index contributed by atoms with van der Waals surface area (Å²) in [5.74, 6) is -3.72. The van der Waals surface area contributed by atoms with Crippen molar-refractivity contribution in [2.75, 3.05) is 11.4 Å². The maximum absolute atomic E-state index is 12.4. The molecule has 27 heavy (non-hydrogen) atoms. The fourth-order valence-electron chi connectivity index (χ4n) is 3.02.